The van der Waals surface area contributed by atoms with Crippen molar-refractivity contribution in [3.05, 3.63) is 70.1 Å². The number of halogens is 1. The second-order valence-electron chi connectivity index (χ2n) is 6.44. The van der Waals surface area contributed by atoms with Crippen LogP contribution in [0.2, 0.25) is 5.02 Å². The summed E-state index contributed by atoms with van der Waals surface area (Å²) in [6.07, 6.45) is 0. The lowest BCUT2D eigenvalue weighted by atomic mass is 10.2. The van der Waals surface area contributed by atoms with Crippen molar-refractivity contribution in [3.63, 3.8) is 0 Å². The lowest BCUT2D eigenvalue weighted by Gasteiger charge is -2.13. The van der Waals surface area contributed by atoms with Crippen LogP contribution in [0.5, 0.6) is 5.75 Å². The Morgan fingerprint density at radius 1 is 1.10 bits per heavy atom. The predicted octanol–water partition coefficient (Wildman–Crippen LogP) is 4.73. The highest BCUT2D eigenvalue weighted by atomic mass is 35.5. The molecule has 0 saturated heterocycles. The number of nitrogens with one attached hydrogen (secondary N) is 2. The van der Waals surface area contributed by atoms with Crippen molar-refractivity contribution < 1.29 is 18.8 Å². The number of amides is 2. The average Bonchev–Trinajstić information content (AvgIpc) is 3.00. The number of rotatable bonds is 6. The van der Waals surface area contributed by atoms with Crippen LogP contribution in [0, 0.1) is 13.8 Å². The minimum absolute atomic E-state index is 0.252. The lowest BCUT2D eigenvalue weighted by Crippen LogP contribution is -2.15. The quantitative estimate of drug-likeness (QED) is 0.609. The molecule has 0 spiro atoms. The molecule has 0 bridgehead atoms. The van der Waals surface area contributed by atoms with Crippen molar-refractivity contribution in [2.45, 2.75) is 27.4 Å². The molecule has 1 heterocycles. The van der Waals surface area contributed by atoms with Crippen LogP contribution in [-0.2, 0) is 11.4 Å². The predicted molar refractivity (Wildman–Crippen MR) is 110 cm³/mol. The molecular formula is C21H20ClN3O4. The van der Waals surface area contributed by atoms with Gasteiger partial charge in [0.15, 0.2) is 0 Å². The van der Waals surface area contributed by atoms with Crippen LogP contribution in [-0.4, -0.2) is 17.0 Å². The highest BCUT2D eigenvalue weighted by molar-refractivity contribution is 6.31. The first kappa shape index (κ1) is 20.4. The molecule has 0 aliphatic heterocycles. The third kappa shape index (κ3) is 5.14. The standard InChI is InChI=1S/C21H20ClN3O4/c1-12-18(13(2)29-25-12)11-28-17-6-4-5-15(9-17)21(27)24-20-10-16(22)7-8-19(20)23-14(3)26/h4-10H,11H2,1-3H3,(H,23,26)(H,24,27). The van der Waals surface area contributed by atoms with E-state index in [1.807, 2.05) is 13.8 Å². The van der Waals surface area contributed by atoms with Crippen molar-refractivity contribution >= 4 is 34.8 Å². The Hall–Kier alpha value is -3.32. The molecule has 7 nitrogen and oxygen atoms in total. The van der Waals surface area contributed by atoms with E-state index in [0.717, 1.165) is 11.3 Å². The third-order valence-electron chi connectivity index (χ3n) is 4.20. The molecule has 3 rings (SSSR count). The fourth-order valence-electron chi connectivity index (χ4n) is 2.70. The maximum atomic E-state index is 12.7. The van der Waals surface area contributed by atoms with E-state index in [-0.39, 0.29) is 18.4 Å². The molecule has 1 aromatic heterocycles. The number of ether oxygens (including phenoxy) is 1. The molecule has 2 N–H and O–H groups in total. The molecule has 2 amide bonds. The minimum Gasteiger partial charge on any atom is -0.489 e. The number of carbonyl (C=O) groups is 2. The maximum absolute atomic E-state index is 12.7. The highest BCUT2D eigenvalue weighted by Crippen LogP contribution is 2.27. The summed E-state index contributed by atoms with van der Waals surface area (Å²) < 4.78 is 10.9. The van der Waals surface area contributed by atoms with E-state index in [1.54, 1.807) is 42.5 Å². The SMILES string of the molecule is CC(=O)Nc1ccc(Cl)cc1NC(=O)c1cccc(OCc2c(C)noc2C)c1. The Kier molecular flexibility index (Phi) is 6.19. The molecule has 8 heteroatoms. The van der Waals surface area contributed by atoms with Crippen molar-refractivity contribution in [2.75, 3.05) is 10.6 Å². The Morgan fingerprint density at radius 3 is 2.59 bits per heavy atom. The Morgan fingerprint density at radius 2 is 1.90 bits per heavy atom. The van der Waals surface area contributed by atoms with E-state index in [2.05, 4.69) is 15.8 Å². The lowest BCUT2D eigenvalue weighted by molar-refractivity contribution is -0.114. The van der Waals surface area contributed by atoms with Crippen molar-refractivity contribution in [3.8, 4) is 5.75 Å². The summed E-state index contributed by atoms with van der Waals surface area (Å²) in [5, 5.41) is 9.77. The van der Waals surface area contributed by atoms with Gasteiger partial charge < -0.3 is 19.9 Å². The zero-order valence-corrected chi connectivity index (χ0v) is 17.0. The van der Waals surface area contributed by atoms with Crippen molar-refractivity contribution in [2.24, 2.45) is 0 Å². The Balaban J connectivity index is 1.75. The molecule has 0 fully saturated rings. The van der Waals surface area contributed by atoms with Gasteiger partial charge >= 0.3 is 0 Å². The molecule has 0 saturated carbocycles. The largest absolute Gasteiger partial charge is 0.489 e. The van der Waals surface area contributed by atoms with Gasteiger partial charge in [-0.25, -0.2) is 0 Å². The molecule has 2 aromatic carbocycles. The summed E-state index contributed by atoms with van der Waals surface area (Å²) in [5.41, 5.74) is 2.90. The summed E-state index contributed by atoms with van der Waals surface area (Å²) in [7, 11) is 0. The maximum Gasteiger partial charge on any atom is 0.255 e. The molecule has 150 valence electrons. The molecule has 0 radical (unpaired) electrons. The van der Waals surface area contributed by atoms with Crippen LogP contribution in [0.4, 0.5) is 11.4 Å². The molecule has 0 atom stereocenters. The monoisotopic (exact) mass is 413 g/mol. The first-order chi connectivity index (χ1) is 13.8. The van der Waals surface area contributed by atoms with Crippen molar-refractivity contribution in [1.29, 1.82) is 0 Å². The zero-order chi connectivity index (χ0) is 21.0. The number of nitrogens with zero attached hydrogens (tertiary/aromatic N) is 1. The van der Waals surface area contributed by atoms with Crippen LogP contribution in [0.15, 0.2) is 47.0 Å². The smallest absolute Gasteiger partial charge is 0.255 e. The summed E-state index contributed by atoms with van der Waals surface area (Å²) >= 11 is 6.03. The van der Waals surface area contributed by atoms with Gasteiger partial charge in [0.2, 0.25) is 5.91 Å². The number of hydrogen-bond acceptors (Lipinski definition) is 5. The third-order valence-corrected chi connectivity index (χ3v) is 4.44. The average molecular weight is 414 g/mol. The van der Waals surface area contributed by atoms with Gasteiger partial charge in [0.1, 0.15) is 18.1 Å². The van der Waals surface area contributed by atoms with E-state index in [1.165, 1.54) is 6.92 Å². The van der Waals surface area contributed by atoms with Gasteiger partial charge in [0.25, 0.3) is 5.91 Å². The summed E-state index contributed by atoms with van der Waals surface area (Å²) in [5.74, 6) is 0.618. The number of benzene rings is 2. The number of anilines is 2. The molecule has 0 unspecified atom stereocenters. The molecule has 0 aliphatic carbocycles. The normalized spacial score (nSPS) is 10.5. The van der Waals surface area contributed by atoms with Crippen molar-refractivity contribution in [1.82, 2.24) is 5.16 Å². The summed E-state index contributed by atoms with van der Waals surface area (Å²) in [6, 6.07) is 11.6. The first-order valence-electron chi connectivity index (χ1n) is 8.86. The van der Waals surface area contributed by atoms with Crippen LogP contribution >= 0.6 is 11.6 Å². The molecular weight excluding hydrogens is 394 g/mol. The van der Waals surface area contributed by atoms with Gasteiger partial charge in [0, 0.05) is 17.5 Å². The van der Waals surface area contributed by atoms with Gasteiger partial charge in [-0.15, -0.1) is 0 Å². The summed E-state index contributed by atoms with van der Waals surface area (Å²) in [6.45, 7) is 5.34. The first-order valence-corrected chi connectivity index (χ1v) is 9.24. The van der Waals surface area contributed by atoms with Gasteiger partial charge in [-0.3, -0.25) is 9.59 Å². The number of aromatic nitrogens is 1. The fraction of sp³-hybridized carbons (Fsp3) is 0.190. The minimum atomic E-state index is -0.360. The van der Waals surface area contributed by atoms with Crippen LogP contribution in [0.3, 0.4) is 0 Å². The fourth-order valence-corrected chi connectivity index (χ4v) is 2.88. The molecule has 0 aliphatic rings. The molecule has 3 aromatic rings. The second kappa shape index (κ2) is 8.79. The Bertz CT molecular complexity index is 1040. The van der Waals surface area contributed by atoms with Gasteiger partial charge in [-0.05, 0) is 50.2 Å². The number of aryl methyl sites for hydroxylation is 2. The van der Waals surface area contributed by atoms with E-state index in [4.69, 9.17) is 20.9 Å². The Labute approximate surface area is 173 Å². The highest BCUT2D eigenvalue weighted by Gasteiger charge is 2.13. The van der Waals surface area contributed by atoms with Crippen LogP contribution in [0.25, 0.3) is 0 Å². The second-order valence-corrected chi connectivity index (χ2v) is 6.88. The number of hydrogen-bond donors (Lipinski definition) is 2. The summed E-state index contributed by atoms with van der Waals surface area (Å²) in [4.78, 5) is 24.1. The van der Waals surface area contributed by atoms with Crippen LogP contribution in [0.1, 0.15) is 34.3 Å². The topological polar surface area (TPSA) is 93.5 Å². The van der Waals surface area contributed by atoms with Gasteiger partial charge in [-0.2, -0.15) is 0 Å². The van der Waals surface area contributed by atoms with Gasteiger partial charge in [0.05, 0.1) is 22.6 Å². The van der Waals surface area contributed by atoms with Crippen LogP contribution < -0.4 is 15.4 Å². The molecule has 29 heavy (non-hydrogen) atoms. The van der Waals surface area contributed by atoms with E-state index in [0.29, 0.717) is 33.5 Å². The van der Waals surface area contributed by atoms with E-state index >= 15 is 0 Å². The zero-order valence-electron chi connectivity index (χ0n) is 16.2. The van der Waals surface area contributed by atoms with E-state index in [9.17, 15) is 9.59 Å². The number of carbonyl (C=O) groups excluding carboxylic acids is 2. The van der Waals surface area contributed by atoms with E-state index < -0.39 is 0 Å². The van der Waals surface area contributed by atoms with Gasteiger partial charge in [-0.1, -0.05) is 22.8 Å².